The van der Waals surface area contributed by atoms with Crippen LogP contribution in [0.4, 0.5) is 10.3 Å². The van der Waals surface area contributed by atoms with E-state index in [4.69, 9.17) is 15.7 Å². The molecule has 2 aromatic carbocycles. The third-order valence-electron chi connectivity index (χ3n) is 7.72. The van der Waals surface area contributed by atoms with Crippen LogP contribution in [-0.2, 0) is 6.42 Å². The Balaban J connectivity index is 1.11. The normalized spacial score (nSPS) is 18.8. The topological polar surface area (TPSA) is 96.6 Å². The first-order valence-corrected chi connectivity index (χ1v) is 12.9. The summed E-state index contributed by atoms with van der Waals surface area (Å²) in [6.45, 7) is 1.76. The van der Waals surface area contributed by atoms with Crippen LogP contribution in [0.2, 0.25) is 0 Å². The number of imidazole rings is 1. The summed E-state index contributed by atoms with van der Waals surface area (Å²) in [6.07, 6.45) is 6.46. The Labute approximate surface area is 211 Å². The number of hydrogen-bond donors (Lipinski definition) is 2. The van der Waals surface area contributed by atoms with E-state index >= 15 is 0 Å². The number of benzene rings is 2. The molecule has 180 valence electrons. The number of hydrogen-bond acceptors (Lipinski definition) is 7. The third kappa shape index (κ3) is 3.45. The van der Waals surface area contributed by atoms with Crippen molar-refractivity contribution in [2.24, 2.45) is 11.1 Å². The lowest BCUT2D eigenvalue weighted by atomic mass is 9.73. The highest BCUT2D eigenvalue weighted by Gasteiger charge is 2.46. The monoisotopic (exact) mass is 497 g/mol. The fraction of sp³-hybridized carbons (Fsp3) is 0.259. The summed E-state index contributed by atoms with van der Waals surface area (Å²) in [5, 5.41) is 1.15. The van der Waals surface area contributed by atoms with Gasteiger partial charge in [0.25, 0.3) is 0 Å². The van der Waals surface area contributed by atoms with Crippen LogP contribution in [0.15, 0.2) is 70.8 Å². The molecule has 5 aromatic rings. The van der Waals surface area contributed by atoms with Crippen molar-refractivity contribution in [2.75, 3.05) is 18.0 Å². The van der Waals surface area contributed by atoms with Gasteiger partial charge in [-0.25, -0.2) is 14.4 Å². The highest BCUT2D eigenvalue weighted by Crippen LogP contribution is 2.50. The second-order valence-corrected chi connectivity index (χ2v) is 10.8. The molecule has 1 fully saturated rings. The van der Waals surface area contributed by atoms with Crippen LogP contribution in [0.1, 0.15) is 30.0 Å². The van der Waals surface area contributed by atoms with E-state index in [2.05, 4.69) is 44.1 Å². The summed E-state index contributed by atoms with van der Waals surface area (Å²) in [5.41, 5.74) is 11.4. The molecule has 2 aliphatic rings. The lowest BCUT2D eigenvalue weighted by molar-refractivity contribution is 0.187. The van der Waals surface area contributed by atoms with Crippen molar-refractivity contribution >= 4 is 39.9 Å². The van der Waals surface area contributed by atoms with E-state index in [9.17, 15) is 4.39 Å². The van der Waals surface area contributed by atoms with Gasteiger partial charge in [0.2, 0.25) is 5.95 Å². The molecule has 0 bridgehead atoms. The van der Waals surface area contributed by atoms with E-state index in [1.165, 1.54) is 29.0 Å². The highest BCUT2D eigenvalue weighted by atomic mass is 32.2. The molecule has 0 saturated carbocycles. The second-order valence-electron chi connectivity index (χ2n) is 9.69. The fourth-order valence-electron chi connectivity index (χ4n) is 5.76. The minimum Gasteiger partial charge on any atom is -0.342 e. The molecule has 1 spiro atoms. The first-order chi connectivity index (χ1) is 17.6. The van der Waals surface area contributed by atoms with E-state index in [-0.39, 0.29) is 17.3 Å². The number of aromatic amines is 1. The molecule has 7 nitrogen and oxygen atoms in total. The molecule has 9 heteroatoms. The van der Waals surface area contributed by atoms with Gasteiger partial charge in [-0.3, -0.25) is 4.98 Å². The number of aromatic nitrogens is 5. The quantitative estimate of drug-likeness (QED) is 0.361. The van der Waals surface area contributed by atoms with Crippen LogP contribution < -0.4 is 10.6 Å². The van der Waals surface area contributed by atoms with Crippen molar-refractivity contribution in [3.05, 3.63) is 77.9 Å². The van der Waals surface area contributed by atoms with Crippen LogP contribution in [0.5, 0.6) is 0 Å². The van der Waals surface area contributed by atoms with Crippen molar-refractivity contribution < 1.29 is 4.39 Å². The Bertz CT molecular complexity index is 1600. The first kappa shape index (κ1) is 21.7. The van der Waals surface area contributed by atoms with Gasteiger partial charge in [-0.2, -0.15) is 4.98 Å². The maximum atomic E-state index is 14.5. The predicted octanol–water partition coefficient (Wildman–Crippen LogP) is 5.03. The molecule has 4 heterocycles. The molecule has 1 saturated heterocycles. The molecule has 1 atom stereocenters. The van der Waals surface area contributed by atoms with Gasteiger partial charge in [-0.15, -0.1) is 0 Å². The second kappa shape index (κ2) is 8.25. The minimum absolute atomic E-state index is 0.0866. The Hall–Kier alpha value is -3.56. The van der Waals surface area contributed by atoms with Gasteiger partial charge < -0.3 is 15.6 Å². The molecule has 1 aliphatic heterocycles. The number of fused-ring (bicyclic) bond motifs is 3. The molecule has 7 rings (SSSR count). The lowest BCUT2D eigenvalue weighted by Gasteiger charge is -2.42. The van der Waals surface area contributed by atoms with Crippen molar-refractivity contribution in [3.63, 3.8) is 0 Å². The van der Waals surface area contributed by atoms with E-state index in [0.29, 0.717) is 27.2 Å². The van der Waals surface area contributed by atoms with E-state index < -0.39 is 0 Å². The Morgan fingerprint density at radius 3 is 2.75 bits per heavy atom. The molecule has 0 unspecified atom stereocenters. The van der Waals surface area contributed by atoms with Crippen molar-refractivity contribution in [1.29, 1.82) is 0 Å². The zero-order chi connectivity index (χ0) is 24.3. The number of nitrogens with two attached hydrogens (primary N) is 1. The molecule has 3 N–H and O–H groups in total. The Morgan fingerprint density at radius 1 is 1.03 bits per heavy atom. The number of piperidine rings is 1. The van der Waals surface area contributed by atoms with Gasteiger partial charge in [0.1, 0.15) is 10.8 Å². The van der Waals surface area contributed by atoms with Crippen molar-refractivity contribution in [2.45, 2.75) is 35.2 Å². The number of halogens is 1. The predicted molar refractivity (Wildman–Crippen MR) is 138 cm³/mol. The maximum absolute atomic E-state index is 14.5. The van der Waals surface area contributed by atoms with Gasteiger partial charge in [0, 0.05) is 35.6 Å². The van der Waals surface area contributed by atoms with Crippen molar-refractivity contribution in [3.8, 4) is 0 Å². The molecule has 36 heavy (non-hydrogen) atoms. The van der Waals surface area contributed by atoms with Crippen molar-refractivity contribution in [1.82, 2.24) is 24.9 Å². The molecule has 3 aromatic heterocycles. The number of rotatable bonds is 3. The third-order valence-corrected chi connectivity index (χ3v) is 8.68. The van der Waals surface area contributed by atoms with Crippen LogP contribution in [0.3, 0.4) is 0 Å². The van der Waals surface area contributed by atoms with Crippen LogP contribution in [-0.4, -0.2) is 38.0 Å². The summed E-state index contributed by atoms with van der Waals surface area (Å²) in [6, 6.07) is 15.4. The zero-order valence-corrected chi connectivity index (χ0v) is 20.3. The molecule has 0 amide bonds. The SMILES string of the molecule is N[C@@H]1c2ccccc2CC12CCN(c1nc3nc(Sc4ccnc5cccc(F)c45)cnc3[nH]1)CC2. The van der Waals surface area contributed by atoms with Gasteiger partial charge in [0.05, 0.1) is 11.7 Å². The molecular formula is C27H24FN7S. The summed E-state index contributed by atoms with van der Waals surface area (Å²) in [7, 11) is 0. The summed E-state index contributed by atoms with van der Waals surface area (Å²) >= 11 is 1.36. The smallest absolute Gasteiger partial charge is 0.206 e. The Kier molecular flexibility index (Phi) is 4.97. The summed E-state index contributed by atoms with van der Waals surface area (Å²) < 4.78 is 14.5. The number of H-pyrrole nitrogens is 1. The van der Waals surface area contributed by atoms with Gasteiger partial charge in [-0.1, -0.05) is 42.1 Å². The van der Waals surface area contributed by atoms with E-state index in [0.717, 1.165) is 43.2 Å². The number of nitrogens with one attached hydrogen (secondary N) is 1. The number of anilines is 1. The van der Waals surface area contributed by atoms with Crippen LogP contribution in [0.25, 0.3) is 22.2 Å². The van der Waals surface area contributed by atoms with E-state index in [1.54, 1.807) is 30.6 Å². The number of nitrogens with zero attached hydrogens (tertiary/aromatic N) is 5. The van der Waals surface area contributed by atoms with Gasteiger partial charge in [0.15, 0.2) is 11.3 Å². The minimum atomic E-state index is -0.299. The average molecular weight is 498 g/mol. The maximum Gasteiger partial charge on any atom is 0.206 e. The van der Waals surface area contributed by atoms with Gasteiger partial charge in [-0.05, 0) is 54.0 Å². The zero-order valence-electron chi connectivity index (χ0n) is 19.5. The standard InChI is InChI=1S/C27H24FN7S/c28-18-6-3-7-19-22(18)20(8-11-30-19)36-21-15-31-24-25(32-21)34-26(33-24)35-12-9-27(10-13-35)14-16-4-1-2-5-17(16)23(27)29/h1-8,11,15,23H,9-10,12-14,29H2,(H,31,32,33,34)/t23-/m1/s1. The van der Waals surface area contributed by atoms with Gasteiger partial charge >= 0.3 is 0 Å². The first-order valence-electron chi connectivity index (χ1n) is 12.1. The molecule has 1 aliphatic carbocycles. The van der Waals surface area contributed by atoms with Crippen LogP contribution >= 0.6 is 11.8 Å². The highest BCUT2D eigenvalue weighted by molar-refractivity contribution is 7.99. The fourth-order valence-corrected chi connectivity index (χ4v) is 6.66. The van der Waals surface area contributed by atoms with E-state index in [1.807, 2.05) is 0 Å². The number of pyridine rings is 1. The summed E-state index contributed by atoms with van der Waals surface area (Å²) in [5.74, 6) is 0.485. The largest absolute Gasteiger partial charge is 0.342 e. The molecular weight excluding hydrogens is 473 g/mol. The Morgan fingerprint density at radius 2 is 1.89 bits per heavy atom. The average Bonchev–Trinajstić information content (AvgIpc) is 3.44. The lowest BCUT2D eigenvalue weighted by Crippen LogP contribution is -2.44. The molecule has 0 radical (unpaired) electrons. The van der Waals surface area contributed by atoms with Crippen LogP contribution in [0, 0.1) is 11.2 Å². The summed E-state index contributed by atoms with van der Waals surface area (Å²) in [4.78, 5) is 24.6.